The predicted molar refractivity (Wildman–Crippen MR) is 83.0 cm³/mol. The van der Waals surface area contributed by atoms with E-state index in [1.165, 1.54) is 25.0 Å². The number of likely N-dealkylation sites (tertiary alicyclic amines) is 1. The number of halogens is 1. The molecular weight excluding hydrogens is 279 g/mol. The maximum Gasteiger partial charge on any atom is 0.223 e. The monoisotopic (exact) mass is 302 g/mol. The molecule has 0 radical (unpaired) electrons. The van der Waals surface area contributed by atoms with Gasteiger partial charge in [-0.05, 0) is 55.7 Å². The summed E-state index contributed by atoms with van der Waals surface area (Å²) in [6.07, 6.45) is 5.78. The van der Waals surface area contributed by atoms with Crippen LogP contribution in [0.1, 0.15) is 43.6 Å². The minimum Gasteiger partial charge on any atom is -0.353 e. The third kappa shape index (κ3) is 3.02. The summed E-state index contributed by atoms with van der Waals surface area (Å²) in [7, 11) is 0. The van der Waals surface area contributed by atoms with Crippen LogP contribution in [0, 0.1) is 11.7 Å². The Bertz CT molecular complexity index is 547. The van der Waals surface area contributed by atoms with Gasteiger partial charge in [0.2, 0.25) is 5.91 Å². The van der Waals surface area contributed by atoms with Gasteiger partial charge in [0.25, 0.3) is 0 Å². The lowest BCUT2D eigenvalue weighted by atomic mass is 10.0. The maximum atomic E-state index is 12.9. The molecule has 1 amide bonds. The van der Waals surface area contributed by atoms with E-state index >= 15 is 0 Å². The molecule has 1 heterocycles. The number of carbonyl (C=O) groups excluding carboxylic acids is 1. The third-order valence-electron chi connectivity index (χ3n) is 5.36. The third-order valence-corrected chi connectivity index (χ3v) is 5.36. The minimum absolute atomic E-state index is 0.0897. The maximum absolute atomic E-state index is 12.9. The molecular formula is C18H23FN2O. The van der Waals surface area contributed by atoms with Gasteiger partial charge in [0.15, 0.2) is 0 Å². The number of carbonyl (C=O) groups is 1. The smallest absolute Gasteiger partial charge is 0.223 e. The molecule has 0 aromatic heterocycles. The lowest BCUT2D eigenvalue weighted by Crippen LogP contribution is -2.45. The number of piperidine rings is 1. The van der Waals surface area contributed by atoms with E-state index in [1.54, 1.807) is 12.1 Å². The molecule has 3 fully saturated rings. The van der Waals surface area contributed by atoms with Crippen LogP contribution in [0.15, 0.2) is 24.3 Å². The first kappa shape index (κ1) is 14.2. The molecule has 0 spiro atoms. The molecule has 0 unspecified atom stereocenters. The molecule has 3 aliphatic rings. The van der Waals surface area contributed by atoms with Gasteiger partial charge in [-0.3, -0.25) is 4.79 Å². The summed E-state index contributed by atoms with van der Waals surface area (Å²) in [5.74, 6) is 0.353. The van der Waals surface area contributed by atoms with Crippen LogP contribution in [-0.2, 0) is 4.79 Å². The van der Waals surface area contributed by atoms with E-state index in [9.17, 15) is 9.18 Å². The minimum atomic E-state index is -0.215. The van der Waals surface area contributed by atoms with Gasteiger partial charge in [0, 0.05) is 31.1 Å². The van der Waals surface area contributed by atoms with Crippen LogP contribution in [0.4, 0.5) is 4.39 Å². The number of hydrogen-bond acceptors (Lipinski definition) is 2. The zero-order valence-corrected chi connectivity index (χ0v) is 12.8. The second-order valence-corrected chi connectivity index (χ2v) is 7.05. The number of benzene rings is 1. The average molecular weight is 302 g/mol. The van der Waals surface area contributed by atoms with Crippen molar-refractivity contribution in [1.29, 1.82) is 0 Å². The zero-order valence-electron chi connectivity index (χ0n) is 12.8. The molecule has 1 aromatic carbocycles. The quantitative estimate of drug-likeness (QED) is 0.927. The van der Waals surface area contributed by atoms with Crippen molar-refractivity contribution in [1.82, 2.24) is 10.2 Å². The molecule has 118 valence electrons. The lowest BCUT2D eigenvalue weighted by molar-refractivity contribution is -0.123. The van der Waals surface area contributed by atoms with Crippen LogP contribution in [0.5, 0.6) is 0 Å². The van der Waals surface area contributed by atoms with Gasteiger partial charge in [-0.25, -0.2) is 4.39 Å². The molecule has 22 heavy (non-hydrogen) atoms. The zero-order chi connectivity index (χ0) is 15.1. The number of rotatable bonds is 4. The van der Waals surface area contributed by atoms with Crippen molar-refractivity contribution in [3.05, 3.63) is 35.6 Å². The van der Waals surface area contributed by atoms with E-state index in [2.05, 4.69) is 10.2 Å². The fraction of sp³-hybridized carbons (Fsp3) is 0.611. The van der Waals surface area contributed by atoms with E-state index in [-0.39, 0.29) is 23.6 Å². The summed E-state index contributed by atoms with van der Waals surface area (Å²) in [4.78, 5) is 14.9. The molecule has 4 heteroatoms. The first-order valence-corrected chi connectivity index (χ1v) is 8.50. The normalized spacial score (nSPS) is 29.3. The molecule has 2 aliphatic carbocycles. The van der Waals surface area contributed by atoms with Crippen molar-refractivity contribution in [2.45, 2.75) is 50.1 Å². The van der Waals surface area contributed by atoms with Crippen LogP contribution in [0.25, 0.3) is 0 Å². The average Bonchev–Trinajstić information content (AvgIpc) is 3.41. The number of nitrogens with zero attached hydrogens (tertiary/aromatic N) is 1. The van der Waals surface area contributed by atoms with Crippen LogP contribution in [0.2, 0.25) is 0 Å². The Morgan fingerprint density at radius 2 is 1.77 bits per heavy atom. The van der Waals surface area contributed by atoms with Crippen molar-refractivity contribution < 1.29 is 9.18 Å². The van der Waals surface area contributed by atoms with Crippen LogP contribution >= 0.6 is 0 Å². The lowest BCUT2D eigenvalue weighted by Gasteiger charge is -2.32. The SMILES string of the molecule is O=C(NC1CCN(C2CC2)CC1)[C@H]1C[C@@H]1c1ccc(F)cc1. The Labute approximate surface area is 130 Å². The van der Waals surface area contributed by atoms with E-state index in [0.717, 1.165) is 44.0 Å². The van der Waals surface area contributed by atoms with Crippen LogP contribution < -0.4 is 5.32 Å². The van der Waals surface area contributed by atoms with Crippen molar-refractivity contribution in [3.8, 4) is 0 Å². The molecule has 3 nitrogen and oxygen atoms in total. The standard InChI is InChI=1S/C18H23FN2O/c19-13-3-1-12(2-4-13)16-11-17(16)18(22)20-14-7-9-21(10-8-14)15-5-6-15/h1-4,14-17H,5-11H2,(H,20,22)/t16-,17+/m1/s1. The van der Waals surface area contributed by atoms with Gasteiger partial charge in [-0.1, -0.05) is 12.1 Å². The van der Waals surface area contributed by atoms with Crippen molar-refractivity contribution in [2.24, 2.45) is 5.92 Å². The Hall–Kier alpha value is -1.42. The molecule has 4 rings (SSSR count). The van der Waals surface area contributed by atoms with Gasteiger partial charge in [-0.15, -0.1) is 0 Å². The Morgan fingerprint density at radius 3 is 2.41 bits per heavy atom. The summed E-state index contributed by atoms with van der Waals surface area (Å²) in [5, 5.41) is 3.23. The first-order chi connectivity index (χ1) is 10.7. The molecule has 1 aliphatic heterocycles. The summed E-state index contributed by atoms with van der Waals surface area (Å²) in [6, 6.07) is 7.76. The number of amides is 1. The molecule has 1 N–H and O–H groups in total. The molecule has 2 atom stereocenters. The predicted octanol–water partition coefficient (Wildman–Crippen LogP) is 2.67. The van der Waals surface area contributed by atoms with Crippen LogP contribution in [0.3, 0.4) is 0 Å². The molecule has 1 aromatic rings. The van der Waals surface area contributed by atoms with E-state index in [0.29, 0.717) is 6.04 Å². The van der Waals surface area contributed by atoms with E-state index in [1.807, 2.05) is 0 Å². The summed E-state index contributed by atoms with van der Waals surface area (Å²) in [6.45, 7) is 2.25. The van der Waals surface area contributed by atoms with Gasteiger partial charge in [0.05, 0.1) is 0 Å². The highest BCUT2D eigenvalue weighted by Crippen LogP contribution is 2.47. The number of hydrogen-bond donors (Lipinski definition) is 1. The first-order valence-electron chi connectivity index (χ1n) is 8.50. The fourth-order valence-electron chi connectivity index (χ4n) is 3.72. The van der Waals surface area contributed by atoms with Crippen LogP contribution in [-0.4, -0.2) is 36.0 Å². The van der Waals surface area contributed by atoms with Gasteiger partial charge < -0.3 is 10.2 Å². The molecule has 2 saturated carbocycles. The number of nitrogens with one attached hydrogen (secondary N) is 1. The van der Waals surface area contributed by atoms with Gasteiger partial charge in [-0.2, -0.15) is 0 Å². The Balaban J connectivity index is 1.26. The highest BCUT2D eigenvalue weighted by Gasteiger charge is 2.44. The highest BCUT2D eigenvalue weighted by molar-refractivity contribution is 5.83. The second-order valence-electron chi connectivity index (χ2n) is 7.05. The fourth-order valence-corrected chi connectivity index (χ4v) is 3.72. The van der Waals surface area contributed by atoms with Crippen molar-refractivity contribution >= 4 is 5.91 Å². The van der Waals surface area contributed by atoms with Crippen molar-refractivity contribution in [3.63, 3.8) is 0 Å². The Morgan fingerprint density at radius 1 is 1.09 bits per heavy atom. The molecule has 0 bridgehead atoms. The van der Waals surface area contributed by atoms with E-state index < -0.39 is 0 Å². The topological polar surface area (TPSA) is 32.3 Å². The summed E-state index contributed by atoms with van der Waals surface area (Å²) < 4.78 is 12.9. The summed E-state index contributed by atoms with van der Waals surface area (Å²) in [5.41, 5.74) is 1.09. The second kappa shape index (κ2) is 5.65. The van der Waals surface area contributed by atoms with E-state index in [4.69, 9.17) is 0 Å². The van der Waals surface area contributed by atoms with Crippen molar-refractivity contribution in [2.75, 3.05) is 13.1 Å². The van der Waals surface area contributed by atoms with Gasteiger partial charge >= 0.3 is 0 Å². The highest BCUT2D eigenvalue weighted by atomic mass is 19.1. The molecule has 1 saturated heterocycles. The Kier molecular flexibility index (Phi) is 3.65. The van der Waals surface area contributed by atoms with Gasteiger partial charge in [0.1, 0.15) is 5.82 Å². The largest absolute Gasteiger partial charge is 0.353 e. The summed E-state index contributed by atoms with van der Waals surface area (Å²) >= 11 is 0.